The third-order valence-corrected chi connectivity index (χ3v) is 3.11. The maximum absolute atomic E-state index is 11.1. The van der Waals surface area contributed by atoms with E-state index in [1.165, 1.54) is 0 Å². The van der Waals surface area contributed by atoms with Gasteiger partial charge < -0.3 is 5.11 Å². The van der Waals surface area contributed by atoms with Crippen LogP contribution in [0.5, 0.6) is 0 Å². The van der Waals surface area contributed by atoms with Crippen molar-refractivity contribution in [3.05, 3.63) is 53.6 Å². The number of carbonyl (C=O) groups is 1. The summed E-state index contributed by atoms with van der Waals surface area (Å²) in [5.74, 6) is -0.973. The van der Waals surface area contributed by atoms with Crippen molar-refractivity contribution in [3.8, 4) is 0 Å². The minimum Gasteiger partial charge on any atom is -0.478 e. The van der Waals surface area contributed by atoms with Crippen LogP contribution in [0.15, 0.2) is 36.8 Å². The van der Waals surface area contributed by atoms with Gasteiger partial charge in [-0.25, -0.2) is 14.5 Å². The Kier molecular flexibility index (Phi) is 2.90. The summed E-state index contributed by atoms with van der Waals surface area (Å²) in [7, 11) is 0. The van der Waals surface area contributed by atoms with Gasteiger partial charge >= 0.3 is 5.97 Å². The molecule has 0 aliphatic carbocycles. The summed E-state index contributed by atoms with van der Waals surface area (Å²) < 4.78 is 1.75. The van der Waals surface area contributed by atoms with Gasteiger partial charge in [-0.2, -0.15) is 5.10 Å². The molecule has 3 rings (SSSR count). The fraction of sp³-hybridized carbons (Fsp3) is 0.143. The van der Waals surface area contributed by atoms with E-state index >= 15 is 0 Å². The lowest BCUT2D eigenvalue weighted by Gasteiger charge is -2.05. The van der Waals surface area contributed by atoms with Crippen LogP contribution in [0.2, 0.25) is 0 Å². The van der Waals surface area contributed by atoms with Crippen LogP contribution in [0.3, 0.4) is 0 Å². The van der Waals surface area contributed by atoms with E-state index in [2.05, 4.69) is 15.1 Å². The molecule has 3 heterocycles. The van der Waals surface area contributed by atoms with Crippen LogP contribution in [0, 0.1) is 6.92 Å². The van der Waals surface area contributed by atoms with Gasteiger partial charge in [-0.3, -0.25) is 4.98 Å². The number of pyridine rings is 2. The maximum Gasteiger partial charge on any atom is 0.337 e. The third-order valence-electron chi connectivity index (χ3n) is 3.11. The molecule has 100 valence electrons. The van der Waals surface area contributed by atoms with Crippen molar-refractivity contribution in [2.24, 2.45) is 0 Å². The molecule has 0 saturated carbocycles. The standard InChI is InChI=1S/C14H12N4O2/c1-9-12(14(19)20)6-11-7-16-18(13(11)17-9)8-10-2-4-15-5-3-10/h2-7H,8H2,1H3,(H,19,20). The molecule has 0 unspecified atom stereocenters. The summed E-state index contributed by atoms with van der Waals surface area (Å²) in [6, 6.07) is 5.42. The van der Waals surface area contributed by atoms with E-state index in [9.17, 15) is 4.79 Å². The van der Waals surface area contributed by atoms with Crippen LogP contribution in [-0.4, -0.2) is 30.8 Å². The second kappa shape index (κ2) is 4.73. The molecule has 0 radical (unpaired) electrons. The van der Waals surface area contributed by atoms with Crippen LogP contribution >= 0.6 is 0 Å². The summed E-state index contributed by atoms with van der Waals surface area (Å²) in [4.78, 5) is 19.4. The topological polar surface area (TPSA) is 80.9 Å². The van der Waals surface area contributed by atoms with E-state index in [0.29, 0.717) is 17.9 Å². The summed E-state index contributed by atoms with van der Waals surface area (Å²) in [5.41, 5.74) is 2.44. The molecule has 0 amide bonds. The zero-order chi connectivity index (χ0) is 14.1. The molecule has 6 heteroatoms. The fourth-order valence-corrected chi connectivity index (χ4v) is 2.09. The van der Waals surface area contributed by atoms with Gasteiger partial charge in [-0.05, 0) is 30.7 Å². The lowest BCUT2D eigenvalue weighted by Crippen LogP contribution is -2.06. The van der Waals surface area contributed by atoms with Crippen LogP contribution in [0.4, 0.5) is 0 Å². The van der Waals surface area contributed by atoms with Crippen molar-refractivity contribution < 1.29 is 9.90 Å². The first-order valence-corrected chi connectivity index (χ1v) is 6.10. The summed E-state index contributed by atoms with van der Waals surface area (Å²) >= 11 is 0. The smallest absolute Gasteiger partial charge is 0.337 e. The fourth-order valence-electron chi connectivity index (χ4n) is 2.09. The second-order valence-corrected chi connectivity index (χ2v) is 4.50. The average Bonchev–Trinajstić information content (AvgIpc) is 2.81. The quantitative estimate of drug-likeness (QED) is 0.784. The Labute approximate surface area is 114 Å². The van der Waals surface area contributed by atoms with E-state index in [4.69, 9.17) is 5.11 Å². The lowest BCUT2D eigenvalue weighted by atomic mass is 10.2. The molecule has 0 atom stereocenters. The highest BCUT2D eigenvalue weighted by Crippen LogP contribution is 2.17. The number of carboxylic acid groups (broad SMARTS) is 1. The van der Waals surface area contributed by atoms with Gasteiger partial charge in [0.1, 0.15) is 0 Å². The number of hydrogen-bond acceptors (Lipinski definition) is 4. The summed E-state index contributed by atoms with van der Waals surface area (Å²) in [6.07, 6.45) is 5.08. The maximum atomic E-state index is 11.1. The molecule has 0 saturated heterocycles. The molecule has 6 nitrogen and oxygen atoms in total. The molecule has 1 N–H and O–H groups in total. The number of carboxylic acids is 1. The molecular formula is C14H12N4O2. The largest absolute Gasteiger partial charge is 0.478 e. The normalized spacial score (nSPS) is 10.8. The first-order valence-electron chi connectivity index (χ1n) is 6.10. The zero-order valence-corrected chi connectivity index (χ0v) is 10.8. The average molecular weight is 268 g/mol. The van der Waals surface area contributed by atoms with Gasteiger partial charge in [-0.1, -0.05) is 0 Å². The number of aromatic carboxylic acids is 1. The first kappa shape index (κ1) is 12.3. The minimum absolute atomic E-state index is 0.209. The minimum atomic E-state index is -0.973. The van der Waals surface area contributed by atoms with E-state index < -0.39 is 5.97 Å². The number of hydrogen-bond donors (Lipinski definition) is 1. The first-order chi connectivity index (χ1) is 9.65. The highest BCUT2D eigenvalue weighted by molar-refractivity contribution is 5.93. The van der Waals surface area contributed by atoms with Gasteiger partial charge in [0.05, 0.1) is 24.0 Å². The molecule has 0 aromatic carbocycles. The van der Waals surface area contributed by atoms with Crippen LogP contribution in [0.1, 0.15) is 21.6 Å². The van der Waals surface area contributed by atoms with Crippen molar-refractivity contribution in [3.63, 3.8) is 0 Å². The molecule has 0 aliphatic rings. The predicted molar refractivity (Wildman–Crippen MR) is 72.6 cm³/mol. The SMILES string of the molecule is Cc1nc2c(cnn2Cc2ccncc2)cc1C(=O)O. The Balaban J connectivity index is 2.06. The molecule has 20 heavy (non-hydrogen) atoms. The van der Waals surface area contributed by atoms with E-state index in [1.54, 1.807) is 36.3 Å². The number of aryl methyl sites for hydroxylation is 1. The molecule has 3 aromatic rings. The van der Waals surface area contributed by atoms with E-state index in [1.807, 2.05) is 12.1 Å². The van der Waals surface area contributed by atoms with Gasteiger partial charge in [0.15, 0.2) is 5.65 Å². The Morgan fingerprint density at radius 3 is 2.80 bits per heavy atom. The van der Waals surface area contributed by atoms with Gasteiger partial charge in [0.25, 0.3) is 0 Å². The van der Waals surface area contributed by atoms with Gasteiger partial charge in [0.2, 0.25) is 0 Å². The summed E-state index contributed by atoms with van der Waals surface area (Å²) in [6.45, 7) is 2.26. The van der Waals surface area contributed by atoms with Crippen LogP contribution in [-0.2, 0) is 6.54 Å². The monoisotopic (exact) mass is 268 g/mol. The molecule has 0 spiro atoms. The Hall–Kier alpha value is -2.76. The molecule has 0 bridgehead atoms. The molecule has 0 aliphatic heterocycles. The number of aromatic nitrogens is 4. The van der Waals surface area contributed by atoms with Gasteiger partial charge in [-0.15, -0.1) is 0 Å². The second-order valence-electron chi connectivity index (χ2n) is 4.50. The van der Waals surface area contributed by atoms with Crippen molar-refractivity contribution >= 4 is 17.0 Å². The highest BCUT2D eigenvalue weighted by Gasteiger charge is 2.13. The highest BCUT2D eigenvalue weighted by atomic mass is 16.4. The Morgan fingerprint density at radius 1 is 1.35 bits per heavy atom. The predicted octanol–water partition coefficient (Wildman–Crippen LogP) is 1.88. The van der Waals surface area contributed by atoms with E-state index in [-0.39, 0.29) is 5.56 Å². The summed E-state index contributed by atoms with van der Waals surface area (Å²) in [5, 5.41) is 14.1. The van der Waals surface area contributed by atoms with Crippen molar-refractivity contribution in [2.45, 2.75) is 13.5 Å². The van der Waals surface area contributed by atoms with E-state index in [0.717, 1.165) is 10.9 Å². The van der Waals surface area contributed by atoms with Crippen molar-refractivity contribution in [1.29, 1.82) is 0 Å². The number of fused-ring (bicyclic) bond motifs is 1. The molecule has 0 fully saturated rings. The zero-order valence-electron chi connectivity index (χ0n) is 10.8. The van der Waals surface area contributed by atoms with Crippen molar-refractivity contribution in [1.82, 2.24) is 19.7 Å². The number of nitrogens with zero attached hydrogens (tertiary/aromatic N) is 4. The van der Waals surface area contributed by atoms with Crippen molar-refractivity contribution in [2.75, 3.05) is 0 Å². The Bertz CT molecular complexity index is 780. The number of rotatable bonds is 3. The van der Waals surface area contributed by atoms with Crippen LogP contribution < -0.4 is 0 Å². The van der Waals surface area contributed by atoms with Crippen LogP contribution in [0.25, 0.3) is 11.0 Å². The third kappa shape index (κ3) is 2.11. The van der Waals surface area contributed by atoms with Gasteiger partial charge in [0, 0.05) is 17.8 Å². The molecule has 3 aromatic heterocycles. The Morgan fingerprint density at radius 2 is 2.10 bits per heavy atom. The molecular weight excluding hydrogens is 256 g/mol. The lowest BCUT2D eigenvalue weighted by molar-refractivity contribution is 0.0696.